The lowest BCUT2D eigenvalue weighted by molar-refractivity contribution is -0.124. The SMILES string of the molecule is Cc1nn([C@@H](C)C(=O)N[C@@H](C)CN2CCC(C)CC2)cc1Br. The Morgan fingerprint density at radius 2 is 2.09 bits per heavy atom. The van der Waals surface area contributed by atoms with Gasteiger partial charge in [0.05, 0.1) is 10.2 Å². The molecule has 124 valence electrons. The van der Waals surface area contributed by atoms with Crippen LogP contribution in [0.2, 0.25) is 0 Å². The highest BCUT2D eigenvalue weighted by molar-refractivity contribution is 9.10. The summed E-state index contributed by atoms with van der Waals surface area (Å²) in [7, 11) is 0. The molecule has 2 rings (SSSR count). The molecule has 0 aromatic carbocycles. The van der Waals surface area contributed by atoms with Gasteiger partial charge in [-0.25, -0.2) is 0 Å². The second-order valence-electron chi connectivity index (χ2n) is 6.61. The molecule has 0 radical (unpaired) electrons. The summed E-state index contributed by atoms with van der Waals surface area (Å²) in [5.41, 5.74) is 0.898. The predicted octanol–water partition coefficient (Wildman–Crippen LogP) is 2.75. The van der Waals surface area contributed by atoms with Gasteiger partial charge >= 0.3 is 0 Å². The van der Waals surface area contributed by atoms with Crippen molar-refractivity contribution in [3.8, 4) is 0 Å². The van der Waals surface area contributed by atoms with Crippen molar-refractivity contribution in [2.24, 2.45) is 5.92 Å². The van der Waals surface area contributed by atoms with E-state index in [1.807, 2.05) is 20.0 Å². The zero-order valence-corrected chi connectivity index (χ0v) is 15.6. The van der Waals surface area contributed by atoms with Crippen LogP contribution in [-0.2, 0) is 4.79 Å². The van der Waals surface area contributed by atoms with Crippen LogP contribution in [0.3, 0.4) is 0 Å². The molecule has 6 heteroatoms. The number of aromatic nitrogens is 2. The van der Waals surface area contributed by atoms with Crippen molar-refractivity contribution in [1.29, 1.82) is 0 Å². The molecule has 0 spiro atoms. The number of nitrogens with one attached hydrogen (secondary N) is 1. The topological polar surface area (TPSA) is 50.2 Å². The van der Waals surface area contributed by atoms with Gasteiger partial charge in [-0.2, -0.15) is 5.10 Å². The monoisotopic (exact) mass is 370 g/mol. The molecule has 1 aromatic heterocycles. The minimum atomic E-state index is -0.297. The molecule has 2 heterocycles. The van der Waals surface area contributed by atoms with Gasteiger partial charge in [-0.1, -0.05) is 6.92 Å². The summed E-state index contributed by atoms with van der Waals surface area (Å²) in [5.74, 6) is 0.857. The van der Waals surface area contributed by atoms with E-state index in [0.29, 0.717) is 0 Å². The third-order valence-electron chi connectivity index (χ3n) is 4.43. The van der Waals surface area contributed by atoms with Crippen molar-refractivity contribution in [3.05, 3.63) is 16.4 Å². The average molecular weight is 371 g/mol. The number of likely N-dealkylation sites (tertiary alicyclic amines) is 1. The molecule has 5 nitrogen and oxygen atoms in total. The molecule has 1 aliphatic rings. The Morgan fingerprint density at radius 3 is 2.64 bits per heavy atom. The second-order valence-corrected chi connectivity index (χ2v) is 7.47. The third kappa shape index (κ3) is 4.56. The smallest absolute Gasteiger partial charge is 0.244 e. The summed E-state index contributed by atoms with van der Waals surface area (Å²) in [6.07, 6.45) is 4.38. The Balaban J connectivity index is 1.82. The summed E-state index contributed by atoms with van der Waals surface area (Å²) in [6.45, 7) is 11.4. The molecule has 0 unspecified atom stereocenters. The first-order valence-electron chi connectivity index (χ1n) is 8.10. The lowest BCUT2D eigenvalue weighted by atomic mass is 9.99. The van der Waals surface area contributed by atoms with E-state index < -0.39 is 0 Å². The largest absolute Gasteiger partial charge is 0.351 e. The number of carbonyl (C=O) groups is 1. The summed E-state index contributed by atoms with van der Waals surface area (Å²) < 4.78 is 2.65. The van der Waals surface area contributed by atoms with Crippen LogP contribution in [-0.4, -0.2) is 46.3 Å². The van der Waals surface area contributed by atoms with E-state index in [-0.39, 0.29) is 18.0 Å². The van der Waals surface area contributed by atoms with Crippen LogP contribution in [0.4, 0.5) is 0 Å². The molecule has 2 atom stereocenters. The van der Waals surface area contributed by atoms with E-state index in [0.717, 1.165) is 35.7 Å². The van der Waals surface area contributed by atoms with Gasteiger partial charge in [0, 0.05) is 18.8 Å². The number of amides is 1. The first-order chi connectivity index (χ1) is 10.4. The molecule has 1 N–H and O–H groups in total. The average Bonchev–Trinajstić information content (AvgIpc) is 2.80. The van der Waals surface area contributed by atoms with Crippen molar-refractivity contribution in [2.45, 2.75) is 52.6 Å². The highest BCUT2D eigenvalue weighted by Crippen LogP contribution is 2.18. The Hall–Kier alpha value is -0.880. The Morgan fingerprint density at radius 1 is 1.45 bits per heavy atom. The van der Waals surface area contributed by atoms with Gasteiger partial charge in [0.1, 0.15) is 6.04 Å². The van der Waals surface area contributed by atoms with Gasteiger partial charge in [0.25, 0.3) is 0 Å². The van der Waals surface area contributed by atoms with E-state index in [1.54, 1.807) is 4.68 Å². The fraction of sp³-hybridized carbons (Fsp3) is 0.750. The summed E-state index contributed by atoms with van der Waals surface area (Å²) in [5, 5.41) is 7.47. The van der Waals surface area contributed by atoms with Crippen LogP contribution in [0.25, 0.3) is 0 Å². The molecular weight excluding hydrogens is 344 g/mol. The van der Waals surface area contributed by atoms with Crippen molar-refractivity contribution in [1.82, 2.24) is 20.0 Å². The molecule has 1 fully saturated rings. The Kier molecular flexibility index (Phi) is 6.03. The highest BCUT2D eigenvalue weighted by Gasteiger charge is 2.21. The molecule has 1 aromatic rings. The van der Waals surface area contributed by atoms with Crippen molar-refractivity contribution >= 4 is 21.8 Å². The molecule has 1 saturated heterocycles. The molecule has 0 aliphatic carbocycles. The van der Waals surface area contributed by atoms with Gasteiger partial charge in [-0.3, -0.25) is 9.48 Å². The fourth-order valence-electron chi connectivity index (χ4n) is 2.82. The molecule has 0 bridgehead atoms. The van der Waals surface area contributed by atoms with E-state index >= 15 is 0 Å². The number of hydrogen-bond acceptors (Lipinski definition) is 3. The van der Waals surface area contributed by atoms with Crippen LogP contribution < -0.4 is 5.32 Å². The van der Waals surface area contributed by atoms with Crippen molar-refractivity contribution in [3.63, 3.8) is 0 Å². The van der Waals surface area contributed by atoms with Crippen LogP contribution in [0.1, 0.15) is 45.3 Å². The second kappa shape index (κ2) is 7.59. The zero-order valence-electron chi connectivity index (χ0n) is 14.0. The van der Waals surface area contributed by atoms with E-state index in [1.165, 1.54) is 12.8 Å². The molecule has 0 saturated carbocycles. The summed E-state index contributed by atoms with van der Waals surface area (Å²) >= 11 is 3.43. The molecular formula is C16H27BrN4O. The van der Waals surface area contributed by atoms with Crippen molar-refractivity contribution in [2.75, 3.05) is 19.6 Å². The minimum Gasteiger partial charge on any atom is -0.351 e. The Bertz CT molecular complexity index is 489. The maximum atomic E-state index is 12.4. The number of carbonyl (C=O) groups excluding carboxylic acids is 1. The van der Waals surface area contributed by atoms with Crippen LogP contribution in [0.5, 0.6) is 0 Å². The number of aryl methyl sites for hydroxylation is 1. The first-order valence-corrected chi connectivity index (χ1v) is 8.90. The Labute approximate surface area is 141 Å². The summed E-state index contributed by atoms with van der Waals surface area (Å²) in [4.78, 5) is 14.8. The maximum Gasteiger partial charge on any atom is 0.244 e. The fourth-order valence-corrected chi connectivity index (χ4v) is 3.11. The first kappa shape index (κ1) is 17.5. The van der Waals surface area contributed by atoms with E-state index in [2.05, 4.69) is 45.1 Å². The standard InChI is InChI=1S/C16H27BrN4O/c1-11-5-7-20(8-6-11)9-12(2)18-16(22)14(4)21-10-15(17)13(3)19-21/h10-12,14H,5-9H2,1-4H3,(H,18,22)/t12-,14-/m0/s1. The zero-order chi connectivity index (χ0) is 16.3. The van der Waals surface area contributed by atoms with Gasteiger partial charge in [0.15, 0.2) is 0 Å². The number of halogens is 1. The third-order valence-corrected chi connectivity index (χ3v) is 5.21. The minimum absolute atomic E-state index is 0.0212. The lowest BCUT2D eigenvalue weighted by Gasteiger charge is -2.32. The van der Waals surface area contributed by atoms with Gasteiger partial charge < -0.3 is 10.2 Å². The normalized spacial score (nSPS) is 19.9. The van der Waals surface area contributed by atoms with Gasteiger partial charge in [0.2, 0.25) is 5.91 Å². The van der Waals surface area contributed by atoms with Crippen molar-refractivity contribution < 1.29 is 4.79 Å². The van der Waals surface area contributed by atoms with E-state index in [9.17, 15) is 4.79 Å². The molecule has 1 aliphatic heterocycles. The quantitative estimate of drug-likeness (QED) is 0.866. The maximum absolute atomic E-state index is 12.4. The number of nitrogens with zero attached hydrogens (tertiary/aromatic N) is 3. The summed E-state index contributed by atoms with van der Waals surface area (Å²) in [6, 6.07) is -0.141. The van der Waals surface area contributed by atoms with Crippen LogP contribution in [0, 0.1) is 12.8 Å². The van der Waals surface area contributed by atoms with Gasteiger partial charge in [-0.15, -0.1) is 0 Å². The van der Waals surface area contributed by atoms with Crippen LogP contribution >= 0.6 is 15.9 Å². The van der Waals surface area contributed by atoms with Gasteiger partial charge in [-0.05, 0) is 68.6 Å². The lowest BCUT2D eigenvalue weighted by Crippen LogP contribution is -2.46. The molecule has 22 heavy (non-hydrogen) atoms. The number of piperidine rings is 1. The highest BCUT2D eigenvalue weighted by atomic mass is 79.9. The molecule has 1 amide bonds. The van der Waals surface area contributed by atoms with E-state index in [4.69, 9.17) is 0 Å². The predicted molar refractivity (Wildman–Crippen MR) is 91.8 cm³/mol. The number of rotatable bonds is 5. The number of hydrogen-bond donors (Lipinski definition) is 1. The van der Waals surface area contributed by atoms with Crippen LogP contribution in [0.15, 0.2) is 10.7 Å².